The number of fused-ring (bicyclic) bond motifs is 2. The van der Waals surface area contributed by atoms with Crippen molar-refractivity contribution in [2.75, 3.05) is 26.7 Å². The van der Waals surface area contributed by atoms with Crippen LogP contribution in [0, 0.1) is 5.92 Å². The minimum Gasteiger partial charge on any atom is -0.464 e. The highest BCUT2D eigenvalue weighted by Crippen LogP contribution is 2.32. The molecule has 0 radical (unpaired) electrons. The van der Waals surface area contributed by atoms with Gasteiger partial charge in [-0.05, 0) is 37.9 Å². The lowest BCUT2D eigenvalue weighted by molar-refractivity contribution is -0.144. The van der Waals surface area contributed by atoms with Crippen LogP contribution in [-0.2, 0) is 40.1 Å². The number of nitrogens with zero attached hydrogens (tertiary/aromatic N) is 4. The molecule has 2 heterocycles. The molecule has 1 aromatic heterocycles. The highest BCUT2D eigenvalue weighted by molar-refractivity contribution is 5.69. The van der Waals surface area contributed by atoms with Crippen LogP contribution in [0.5, 0.6) is 0 Å². The lowest BCUT2D eigenvalue weighted by atomic mass is 10.0. The topological polar surface area (TPSA) is 81.5 Å². The molecule has 1 N–H and O–H groups in total. The summed E-state index contributed by atoms with van der Waals surface area (Å²) in [4.78, 5) is 13.8. The van der Waals surface area contributed by atoms with Gasteiger partial charge in [-0.2, -0.15) is 13.2 Å². The van der Waals surface area contributed by atoms with Gasteiger partial charge in [0, 0.05) is 38.6 Å². The first-order valence-corrected chi connectivity index (χ1v) is 11.8. The maximum absolute atomic E-state index is 13.4. The highest BCUT2D eigenvalue weighted by atomic mass is 19.4. The number of carbonyl (C=O) groups is 1. The van der Waals surface area contributed by atoms with Gasteiger partial charge in [0.1, 0.15) is 12.3 Å². The van der Waals surface area contributed by atoms with E-state index >= 15 is 0 Å². The van der Waals surface area contributed by atoms with Crippen molar-refractivity contribution < 1.29 is 27.4 Å². The second kappa shape index (κ2) is 12.5. The van der Waals surface area contributed by atoms with Crippen LogP contribution in [0.4, 0.5) is 13.2 Å². The number of ether oxygens (including phenoxy) is 2. The molecule has 0 fully saturated rings. The molecule has 8 nitrogen and oxygen atoms in total. The summed E-state index contributed by atoms with van der Waals surface area (Å²) in [6.45, 7) is 6.14. The van der Waals surface area contributed by atoms with Crippen LogP contribution in [-0.4, -0.2) is 64.8 Å². The Labute approximate surface area is 203 Å². The number of nitrogens with one attached hydrogen (secondary N) is 1. The summed E-state index contributed by atoms with van der Waals surface area (Å²) < 4.78 is 53.5. The number of halogens is 3. The van der Waals surface area contributed by atoms with Crippen molar-refractivity contribution in [2.45, 2.75) is 64.7 Å². The Balaban J connectivity index is 1.70. The van der Waals surface area contributed by atoms with Gasteiger partial charge >= 0.3 is 12.1 Å². The quantitative estimate of drug-likeness (QED) is 0.650. The smallest absolute Gasteiger partial charge is 0.416 e. The number of hydrogen-bond donors (Lipinski definition) is 1. The predicted molar refractivity (Wildman–Crippen MR) is 123 cm³/mol. The number of esters is 1. The lowest BCUT2D eigenvalue weighted by Crippen LogP contribution is -2.42. The third-order valence-corrected chi connectivity index (χ3v) is 5.97. The van der Waals surface area contributed by atoms with Crippen molar-refractivity contribution in [3.05, 3.63) is 47.3 Å². The van der Waals surface area contributed by atoms with Gasteiger partial charge in [0.2, 0.25) is 0 Å². The third-order valence-electron chi connectivity index (χ3n) is 5.97. The molecular weight excluding hydrogens is 463 g/mol. The first kappa shape index (κ1) is 27.1. The summed E-state index contributed by atoms with van der Waals surface area (Å²) in [6, 6.07) is 5.59. The minimum atomic E-state index is -4.40. The third kappa shape index (κ3) is 8.59. The number of rotatable bonds is 4. The molecule has 0 aliphatic carbocycles. The fourth-order valence-electron chi connectivity index (χ4n) is 3.95. The SMILES string of the molecule is C[C@@H]1COC(=O)CCCn2cc(nn2)CO[C@@H](CN(C)Cc2ccccc2C(F)(F)F)[C@@H](C)CN1. The van der Waals surface area contributed by atoms with Crippen LogP contribution in [0.15, 0.2) is 30.5 Å². The fraction of sp³-hybridized carbons (Fsp3) is 0.625. The predicted octanol–water partition coefficient (Wildman–Crippen LogP) is 3.27. The number of hydrogen-bond acceptors (Lipinski definition) is 7. The van der Waals surface area contributed by atoms with Crippen LogP contribution in [0.1, 0.15) is 43.5 Å². The van der Waals surface area contributed by atoms with Crippen molar-refractivity contribution in [3.63, 3.8) is 0 Å². The van der Waals surface area contributed by atoms with Crippen molar-refractivity contribution in [3.8, 4) is 0 Å². The van der Waals surface area contributed by atoms with Crippen LogP contribution >= 0.6 is 0 Å². The zero-order valence-electron chi connectivity index (χ0n) is 20.4. The first-order chi connectivity index (χ1) is 16.6. The fourth-order valence-corrected chi connectivity index (χ4v) is 3.95. The van der Waals surface area contributed by atoms with E-state index in [1.807, 2.05) is 18.7 Å². The van der Waals surface area contributed by atoms with E-state index in [1.165, 1.54) is 12.1 Å². The molecule has 1 aliphatic heterocycles. The largest absolute Gasteiger partial charge is 0.464 e. The molecule has 2 bridgehead atoms. The molecule has 0 saturated carbocycles. The van der Waals surface area contributed by atoms with E-state index in [1.54, 1.807) is 24.0 Å². The molecule has 2 aromatic rings. The molecule has 0 amide bonds. The molecule has 3 rings (SSSR count). The van der Waals surface area contributed by atoms with E-state index < -0.39 is 11.7 Å². The molecule has 0 spiro atoms. The second-order valence-corrected chi connectivity index (χ2v) is 9.25. The summed E-state index contributed by atoms with van der Waals surface area (Å²) in [7, 11) is 1.79. The van der Waals surface area contributed by atoms with Crippen molar-refractivity contribution >= 4 is 5.97 Å². The summed E-state index contributed by atoms with van der Waals surface area (Å²) in [5, 5.41) is 11.6. The van der Waals surface area contributed by atoms with Crippen molar-refractivity contribution in [1.82, 2.24) is 25.2 Å². The number of cyclic esters (lactones) is 1. The van der Waals surface area contributed by atoms with Crippen LogP contribution in [0.25, 0.3) is 0 Å². The number of alkyl halides is 3. The molecule has 3 atom stereocenters. The van der Waals surface area contributed by atoms with E-state index in [9.17, 15) is 18.0 Å². The number of aryl methyl sites for hydroxylation is 1. The van der Waals surface area contributed by atoms with E-state index in [0.717, 1.165) is 6.07 Å². The van der Waals surface area contributed by atoms with Crippen molar-refractivity contribution in [1.29, 1.82) is 0 Å². The van der Waals surface area contributed by atoms with Gasteiger partial charge in [0.05, 0.1) is 24.5 Å². The van der Waals surface area contributed by atoms with Gasteiger partial charge in [-0.1, -0.05) is 30.3 Å². The molecule has 1 aromatic carbocycles. The number of aromatic nitrogens is 3. The summed E-state index contributed by atoms with van der Waals surface area (Å²) in [6.07, 6.45) is -2.01. The van der Waals surface area contributed by atoms with Gasteiger partial charge in [-0.15, -0.1) is 5.10 Å². The first-order valence-electron chi connectivity index (χ1n) is 11.8. The van der Waals surface area contributed by atoms with Gasteiger partial charge < -0.3 is 14.8 Å². The molecule has 194 valence electrons. The Hall–Kier alpha value is -2.50. The van der Waals surface area contributed by atoms with Gasteiger partial charge in [0.15, 0.2) is 0 Å². The average molecular weight is 498 g/mol. The molecule has 11 heteroatoms. The normalized spacial score (nSPS) is 23.3. The minimum absolute atomic E-state index is 0.0245. The standard InChI is InChI=1S/C24H34F3N5O3/c1-17-11-28-18(2)15-35-23(33)9-6-10-32-13-20(29-30-32)16-34-22(17)14-31(3)12-19-7-4-5-8-21(19)24(25,26)27/h4-5,7-8,13,17-18,22,28H,6,9-12,14-16H2,1-3H3/t17-,18+,22-/m0/s1. The molecule has 0 saturated heterocycles. The van der Waals surface area contributed by atoms with E-state index in [2.05, 4.69) is 15.6 Å². The maximum atomic E-state index is 13.4. The molecule has 1 aliphatic rings. The molecular formula is C24H34F3N5O3. The average Bonchev–Trinajstić information content (AvgIpc) is 3.25. The summed E-state index contributed by atoms with van der Waals surface area (Å²) in [5.41, 5.74) is 0.253. The van der Waals surface area contributed by atoms with Crippen LogP contribution in [0.2, 0.25) is 0 Å². The highest BCUT2D eigenvalue weighted by Gasteiger charge is 2.33. The second-order valence-electron chi connectivity index (χ2n) is 9.25. The monoisotopic (exact) mass is 497 g/mol. The van der Waals surface area contributed by atoms with Gasteiger partial charge in [-0.25, -0.2) is 0 Å². The van der Waals surface area contributed by atoms with E-state index in [4.69, 9.17) is 9.47 Å². The van der Waals surface area contributed by atoms with Gasteiger partial charge in [-0.3, -0.25) is 14.4 Å². The van der Waals surface area contributed by atoms with E-state index in [0.29, 0.717) is 38.2 Å². The summed E-state index contributed by atoms with van der Waals surface area (Å²) >= 11 is 0. The number of benzene rings is 1. The lowest BCUT2D eigenvalue weighted by Gasteiger charge is -2.30. The Morgan fingerprint density at radius 3 is 2.80 bits per heavy atom. The zero-order valence-corrected chi connectivity index (χ0v) is 20.4. The van der Waals surface area contributed by atoms with E-state index in [-0.39, 0.29) is 49.4 Å². The molecule has 0 unspecified atom stereocenters. The zero-order chi connectivity index (χ0) is 25.4. The number of carbonyl (C=O) groups excluding carboxylic acids is 1. The van der Waals surface area contributed by atoms with Crippen molar-refractivity contribution in [2.24, 2.45) is 5.92 Å². The Bertz CT molecular complexity index is 952. The Morgan fingerprint density at radius 1 is 1.26 bits per heavy atom. The Morgan fingerprint density at radius 2 is 2.03 bits per heavy atom. The molecule has 35 heavy (non-hydrogen) atoms. The van der Waals surface area contributed by atoms with Gasteiger partial charge in [0.25, 0.3) is 0 Å². The maximum Gasteiger partial charge on any atom is 0.416 e. The Kier molecular flexibility index (Phi) is 9.64. The van der Waals surface area contributed by atoms with Crippen LogP contribution in [0.3, 0.4) is 0 Å². The number of likely N-dealkylation sites (N-methyl/N-ethyl adjacent to an activating group) is 1. The summed E-state index contributed by atoms with van der Waals surface area (Å²) in [5.74, 6) is -0.225. The van der Waals surface area contributed by atoms with Crippen LogP contribution < -0.4 is 5.32 Å².